The Hall–Kier alpha value is 0.828. The first-order valence-corrected chi connectivity index (χ1v) is 20.5. The minimum atomic E-state index is -1.30. The molecule has 5 heteroatoms. The van der Waals surface area contributed by atoms with Crippen molar-refractivity contribution in [1.29, 1.82) is 0 Å². The highest BCUT2D eigenvalue weighted by molar-refractivity contribution is 7.60. The quantitative estimate of drug-likeness (QED) is 0.668. The molecule has 0 amide bonds. The van der Waals surface area contributed by atoms with Crippen LogP contribution in [-0.2, 0) is 4.43 Å². The van der Waals surface area contributed by atoms with E-state index < -0.39 is 23.5 Å². The SMILES string of the molecule is C[Si](C)(C)OCC[Si]([Si](C)(C)C)[Si](C)(C)C. The van der Waals surface area contributed by atoms with Crippen molar-refractivity contribution < 1.29 is 4.43 Å². The molecule has 0 rings (SSSR count). The summed E-state index contributed by atoms with van der Waals surface area (Å²) in [4.78, 5) is 0. The van der Waals surface area contributed by atoms with Crippen molar-refractivity contribution in [3.8, 4) is 0 Å². The largest absolute Gasteiger partial charge is 0.418 e. The van der Waals surface area contributed by atoms with E-state index in [0.29, 0.717) is 0 Å². The zero-order chi connectivity index (χ0) is 13.2. The summed E-state index contributed by atoms with van der Waals surface area (Å²) >= 11 is 0. The van der Waals surface area contributed by atoms with E-state index in [1.165, 1.54) is 6.04 Å². The van der Waals surface area contributed by atoms with Crippen LogP contribution in [0, 0.1) is 0 Å². The van der Waals surface area contributed by atoms with Crippen molar-refractivity contribution in [2.45, 2.75) is 65.0 Å². The Balaban J connectivity index is 4.38. The van der Waals surface area contributed by atoms with Crippen molar-refractivity contribution in [1.82, 2.24) is 0 Å². The van der Waals surface area contributed by atoms with Gasteiger partial charge in [-0.05, 0) is 25.7 Å². The van der Waals surface area contributed by atoms with E-state index in [-0.39, 0.29) is 7.83 Å². The van der Waals surface area contributed by atoms with E-state index in [0.717, 1.165) is 6.61 Å². The molecule has 0 aliphatic heterocycles. The molecule has 0 spiro atoms. The zero-order valence-corrected chi connectivity index (χ0v) is 16.8. The Morgan fingerprint density at radius 2 is 1.12 bits per heavy atom. The van der Waals surface area contributed by atoms with Crippen molar-refractivity contribution in [2.24, 2.45) is 0 Å². The van der Waals surface area contributed by atoms with Gasteiger partial charge in [-0.2, -0.15) is 0 Å². The van der Waals surface area contributed by atoms with Gasteiger partial charge in [0, 0.05) is 29.6 Å². The summed E-state index contributed by atoms with van der Waals surface area (Å²) in [7, 11) is -3.26. The molecule has 0 aliphatic carbocycles. The van der Waals surface area contributed by atoms with Crippen LogP contribution in [0.5, 0.6) is 0 Å². The van der Waals surface area contributed by atoms with Gasteiger partial charge in [0.25, 0.3) is 0 Å². The predicted molar refractivity (Wildman–Crippen MR) is 86.6 cm³/mol. The fourth-order valence-corrected chi connectivity index (χ4v) is 39.4. The van der Waals surface area contributed by atoms with Crippen molar-refractivity contribution >= 4 is 31.3 Å². The van der Waals surface area contributed by atoms with Gasteiger partial charge in [0.05, 0.1) is 0 Å². The van der Waals surface area contributed by atoms with Gasteiger partial charge in [0.2, 0.25) is 0 Å². The van der Waals surface area contributed by atoms with E-state index >= 15 is 0 Å². The molecule has 97 valence electrons. The third kappa shape index (κ3) is 7.21. The Bertz CT molecular complexity index is 195. The van der Waals surface area contributed by atoms with Crippen molar-refractivity contribution in [3.63, 3.8) is 0 Å². The molecular weight excluding hydrogens is 260 g/mol. The maximum Gasteiger partial charge on any atom is 0.183 e. The average molecular weight is 292 g/mol. The molecule has 0 unspecified atom stereocenters. The first kappa shape index (κ1) is 16.8. The van der Waals surface area contributed by atoms with Gasteiger partial charge in [-0.25, -0.2) is 0 Å². The Morgan fingerprint density at radius 1 is 0.750 bits per heavy atom. The lowest BCUT2D eigenvalue weighted by atomic mass is 10.9. The van der Waals surface area contributed by atoms with Crippen LogP contribution in [0.15, 0.2) is 0 Å². The number of hydrogen-bond donors (Lipinski definition) is 0. The second kappa shape index (κ2) is 5.65. The van der Waals surface area contributed by atoms with Crippen LogP contribution in [-0.4, -0.2) is 37.9 Å². The highest BCUT2D eigenvalue weighted by atomic mass is 29.6. The molecule has 1 radical (unpaired) electrons. The molecule has 0 atom stereocenters. The fourth-order valence-electron chi connectivity index (χ4n) is 2.33. The first-order valence-electron chi connectivity index (χ1n) is 6.35. The molecular formula is C11H31OSi4. The second-order valence-electron chi connectivity index (χ2n) is 7.69. The van der Waals surface area contributed by atoms with Crippen LogP contribution >= 0.6 is 0 Å². The molecule has 0 heterocycles. The van der Waals surface area contributed by atoms with Gasteiger partial charge in [0.1, 0.15) is 0 Å². The maximum atomic E-state index is 6.06. The van der Waals surface area contributed by atoms with Gasteiger partial charge in [-0.15, -0.1) is 0 Å². The Labute approximate surface area is 107 Å². The lowest BCUT2D eigenvalue weighted by Gasteiger charge is -2.37. The topological polar surface area (TPSA) is 9.23 Å². The molecule has 0 aliphatic rings. The normalized spacial score (nSPS) is 14.6. The molecule has 0 N–H and O–H groups in total. The Morgan fingerprint density at radius 3 is 1.38 bits per heavy atom. The number of hydrogen-bond acceptors (Lipinski definition) is 1. The van der Waals surface area contributed by atoms with Gasteiger partial charge in [-0.1, -0.05) is 39.3 Å². The van der Waals surface area contributed by atoms with E-state index in [9.17, 15) is 0 Å². The molecule has 0 bridgehead atoms. The second-order valence-corrected chi connectivity index (χ2v) is 36.8. The lowest BCUT2D eigenvalue weighted by Crippen LogP contribution is -2.59. The standard InChI is InChI=1S/C11H31OSi4/c1-14(2,3)12-10-11-13(15(4,5)6)16(7,8)9/h10-11H2,1-9H3. The predicted octanol–water partition coefficient (Wildman–Crippen LogP) is 4.17. The summed E-state index contributed by atoms with van der Waals surface area (Å²) < 4.78 is 6.06. The monoisotopic (exact) mass is 291 g/mol. The van der Waals surface area contributed by atoms with E-state index in [2.05, 4.69) is 58.9 Å². The van der Waals surface area contributed by atoms with Crippen LogP contribution in [0.1, 0.15) is 0 Å². The highest BCUT2D eigenvalue weighted by Crippen LogP contribution is 2.21. The van der Waals surface area contributed by atoms with Gasteiger partial charge < -0.3 is 4.43 Å². The fraction of sp³-hybridized carbons (Fsp3) is 1.00. The molecule has 0 aromatic carbocycles. The molecule has 0 saturated carbocycles. The van der Waals surface area contributed by atoms with Gasteiger partial charge >= 0.3 is 0 Å². The Kier molecular flexibility index (Phi) is 5.94. The number of rotatable bonds is 6. The van der Waals surface area contributed by atoms with E-state index in [1.54, 1.807) is 0 Å². The van der Waals surface area contributed by atoms with Crippen molar-refractivity contribution in [3.05, 3.63) is 0 Å². The van der Waals surface area contributed by atoms with E-state index in [4.69, 9.17) is 4.43 Å². The molecule has 0 aromatic heterocycles. The van der Waals surface area contributed by atoms with E-state index in [1.807, 2.05) is 0 Å². The minimum absolute atomic E-state index is 0.123. The third-order valence-corrected chi connectivity index (χ3v) is 34.0. The van der Waals surface area contributed by atoms with Gasteiger partial charge in [-0.3, -0.25) is 0 Å². The minimum Gasteiger partial charge on any atom is -0.418 e. The lowest BCUT2D eigenvalue weighted by molar-refractivity contribution is 0.334. The van der Waals surface area contributed by atoms with Crippen LogP contribution in [0.4, 0.5) is 0 Å². The first-order chi connectivity index (χ1) is 6.84. The molecule has 0 aromatic rings. The summed E-state index contributed by atoms with van der Waals surface area (Å²) in [5.41, 5.74) is 0. The van der Waals surface area contributed by atoms with Gasteiger partial charge in [0.15, 0.2) is 8.32 Å². The summed E-state index contributed by atoms with van der Waals surface area (Å²) in [6.45, 7) is 23.3. The highest BCUT2D eigenvalue weighted by Gasteiger charge is 2.38. The molecule has 0 saturated heterocycles. The smallest absolute Gasteiger partial charge is 0.183 e. The summed E-state index contributed by atoms with van der Waals surface area (Å²) in [6, 6.07) is 1.40. The molecule has 1 nitrogen and oxygen atoms in total. The average Bonchev–Trinajstić information content (AvgIpc) is 1.90. The zero-order valence-electron chi connectivity index (χ0n) is 12.8. The molecule has 16 heavy (non-hydrogen) atoms. The maximum absolute atomic E-state index is 6.06. The molecule has 0 fully saturated rings. The van der Waals surface area contributed by atoms with Crippen LogP contribution < -0.4 is 0 Å². The van der Waals surface area contributed by atoms with Crippen LogP contribution in [0.25, 0.3) is 0 Å². The summed E-state index contributed by atoms with van der Waals surface area (Å²) in [6.07, 6.45) is 0. The van der Waals surface area contributed by atoms with Crippen LogP contribution in [0.3, 0.4) is 0 Å². The third-order valence-electron chi connectivity index (χ3n) is 2.70. The summed E-state index contributed by atoms with van der Waals surface area (Å²) in [5.74, 6) is 0. The van der Waals surface area contributed by atoms with Crippen LogP contribution in [0.2, 0.25) is 65.0 Å². The van der Waals surface area contributed by atoms with Crippen molar-refractivity contribution in [2.75, 3.05) is 6.61 Å². The summed E-state index contributed by atoms with van der Waals surface area (Å²) in [5, 5.41) is 0.